The Kier molecular flexibility index (Phi) is 6.23. The smallest absolute Gasteiger partial charge is 0.346 e. The van der Waals surface area contributed by atoms with Gasteiger partial charge in [-0.25, -0.2) is 18.0 Å². The number of rotatable bonds is 6. The number of carbonyl (C=O) groups is 2. The van der Waals surface area contributed by atoms with Crippen molar-refractivity contribution in [3.05, 3.63) is 59.1 Å². The maximum Gasteiger partial charge on any atom is 0.346 e. The van der Waals surface area contributed by atoms with Crippen molar-refractivity contribution in [2.24, 2.45) is 0 Å². The van der Waals surface area contributed by atoms with Crippen LogP contribution in [0.25, 0.3) is 0 Å². The molecule has 2 rings (SSSR count). The lowest BCUT2D eigenvalue weighted by atomic mass is 10.2. The minimum absolute atomic E-state index is 0.0370. The second-order valence-electron chi connectivity index (χ2n) is 5.21. The summed E-state index contributed by atoms with van der Waals surface area (Å²) in [7, 11) is -2.65. The Morgan fingerprint density at radius 3 is 2.15 bits per heavy atom. The van der Waals surface area contributed by atoms with E-state index in [-0.39, 0.29) is 10.5 Å². The lowest BCUT2D eigenvalue weighted by Crippen LogP contribution is -2.25. The Morgan fingerprint density at radius 2 is 1.62 bits per heavy atom. The molecule has 1 N–H and O–H groups in total. The molecule has 138 valence electrons. The molecule has 9 heteroatoms. The van der Waals surface area contributed by atoms with Crippen molar-refractivity contribution in [1.82, 2.24) is 0 Å². The third kappa shape index (κ3) is 4.96. The van der Waals surface area contributed by atoms with Gasteiger partial charge in [-0.05, 0) is 55.5 Å². The fourth-order valence-corrected chi connectivity index (χ4v) is 3.13. The zero-order chi connectivity index (χ0) is 19.3. The highest BCUT2D eigenvalue weighted by Crippen LogP contribution is 2.19. The number of anilines is 1. The topological polar surface area (TPSA) is 98.8 Å². The number of ether oxygens (including phenoxy) is 2. The fraction of sp³-hybridized carbons (Fsp3) is 0.176. The SMILES string of the molecule is COC(=O)[C@H](C)OC(=O)c1ccc(S(=O)(=O)Nc2ccc(Cl)cc2)cc1. The van der Waals surface area contributed by atoms with Crippen molar-refractivity contribution in [1.29, 1.82) is 0 Å². The maximum absolute atomic E-state index is 12.4. The molecule has 0 unspecified atom stereocenters. The van der Waals surface area contributed by atoms with Crippen LogP contribution in [0.5, 0.6) is 0 Å². The number of hydrogen-bond acceptors (Lipinski definition) is 6. The summed E-state index contributed by atoms with van der Waals surface area (Å²) < 4.78 is 36.5. The molecule has 0 aliphatic heterocycles. The largest absolute Gasteiger partial charge is 0.466 e. The second kappa shape index (κ2) is 8.20. The quantitative estimate of drug-likeness (QED) is 0.752. The number of methoxy groups -OCH3 is 1. The fourth-order valence-electron chi connectivity index (χ4n) is 1.94. The van der Waals surface area contributed by atoms with E-state index in [1.165, 1.54) is 50.4 Å². The van der Waals surface area contributed by atoms with Gasteiger partial charge in [-0.3, -0.25) is 4.72 Å². The van der Waals surface area contributed by atoms with Crippen LogP contribution in [-0.4, -0.2) is 33.6 Å². The molecule has 26 heavy (non-hydrogen) atoms. The summed E-state index contributed by atoms with van der Waals surface area (Å²) in [6, 6.07) is 11.3. The molecule has 0 aliphatic rings. The van der Waals surface area contributed by atoms with Gasteiger partial charge < -0.3 is 9.47 Å². The first kappa shape index (κ1) is 19.7. The summed E-state index contributed by atoms with van der Waals surface area (Å²) in [6.07, 6.45) is -1.07. The summed E-state index contributed by atoms with van der Waals surface area (Å²) in [4.78, 5) is 23.2. The van der Waals surface area contributed by atoms with Gasteiger partial charge >= 0.3 is 11.9 Å². The Labute approximate surface area is 155 Å². The number of sulfonamides is 1. The zero-order valence-corrected chi connectivity index (χ0v) is 15.5. The van der Waals surface area contributed by atoms with E-state index in [4.69, 9.17) is 16.3 Å². The summed E-state index contributed by atoms with van der Waals surface area (Å²) in [5.41, 5.74) is 0.455. The summed E-state index contributed by atoms with van der Waals surface area (Å²) in [5, 5.41) is 0.483. The molecule has 0 radical (unpaired) electrons. The predicted octanol–water partition coefficient (Wildman–Crippen LogP) is 2.86. The van der Waals surface area contributed by atoms with E-state index < -0.39 is 28.1 Å². The number of halogens is 1. The van der Waals surface area contributed by atoms with Gasteiger partial charge in [0.1, 0.15) is 0 Å². The van der Waals surface area contributed by atoms with Crippen molar-refractivity contribution >= 4 is 39.3 Å². The molecule has 2 aromatic carbocycles. The molecule has 1 atom stereocenters. The lowest BCUT2D eigenvalue weighted by Gasteiger charge is -2.11. The van der Waals surface area contributed by atoms with Crippen LogP contribution in [0.15, 0.2) is 53.4 Å². The van der Waals surface area contributed by atoms with E-state index in [0.717, 1.165) is 0 Å². The van der Waals surface area contributed by atoms with Crippen LogP contribution in [0, 0.1) is 0 Å². The Balaban J connectivity index is 2.11. The van der Waals surface area contributed by atoms with Crippen LogP contribution >= 0.6 is 11.6 Å². The van der Waals surface area contributed by atoms with Gasteiger partial charge in [-0.1, -0.05) is 11.6 Å². The monoisotopic (exact) mass is 397 g/mol. The average Bonchev–Trinajstić information content (AvgIpc) is 2.62. The summed E-state index contributed by atoms with van der Waals surface area (Å²) in [6.45, 7) is 1.37. The molecule has 0 saturated heterocycles. The molecule has 0 saturated carbocycles. The number of carbonyl (C=O) groups excluding carboxylic acids is 2. The van der Waals surface area contributed by atoms with Gasteiger partial charge in [0.2, 0.25) is 0 Å². The molecule has 0 amide bonds. The highest BCUT2D eigenvalue weighted by Gasteiger charge is 2.20. The van der Waals surface area contributed by atoms with Gasteiger partial charge in [-0.2, -0.15) is 0 Å². The molecule has 7 nitrogen and oxygen atoms in total. The van der Waals surface area contributed by atoms with Crippen molar-refractivity contribution < 1.29 is 27.5 Å². The minimum Gasteiger partial charge on any atom is -0.466 e. The minimum atomic E-state index is -3.83. The average molecular weight is 398 g/mol. The predicted molar refractivity (Wildman–Crippen MR) is 95.6 cm³/mol. The number of hydrogen-bond donors (Lipinski definition) is 1. The van der Waals surface area contributed by atoms with Crippen molar-refractivity contribution in [3.8, 4) is 0 Å². The first-order valence-corrected chi connectivity index (χ1v) is 9.26. The summed E-state index contributed by atoms with van der Waals surface area (Å²) in [5.74, 6) is -1.46. The molecule has 0 fully saturated rings. The Morgan fingerprint density at radius 1 is 1.04 bits per heavy atom. The van der Waals surface area contributed by atoms with Crippen LogP contribution in [0.1, 0.15) is 17.3 Å². The van der Waals surface area contributed by atoms with Crippen LogP contribution < -0.4 is 4.72 Å². The first-order valence-electron chi connectivity index (χ1n) is 7.40. The molecular weight excluding hydrogens is 382 g/mol. The molecule has 0 heterocycles. The standard InChI is InChI=1S/C17H16ClNO6S/c1-11(16(20)24-2)25-17(21)12-3-9-15(10-4-12)26(22,23)19-14-7-5-13(18)6-8-14/h3-11,19H,1-2H3/t11-/m0/s1. The van der Waals surface area contributed by atoms with Gasteiger partial charge in [-0.15, -0.1) is 0 Å². The van der Waals surface area contributed by atoms with E-state index in [9.17, 15) is 18.0 Å². The molecule has 0 aliphatic carbocycles. The lowest BCUT2D eigenvalue weighted by molar-refractivity contribution is -0.149. The molecule has 0 spiro atoms. The van der Waals surface area contributed by atoms with E-state index in [1.807, 2.05) is 0 Å². The van der Waals surface area contributed by atoms with Gasteiger partial charge in [0.05, 0.1) is 17.6 Å². The molecule has 2 aromatic rings. The first-order chi connectivity index (χ1) is 12.2. The van der Waals surface area contributed by atoms with Gasteiger partial charge in [0.15, 0.2) is 6.10 Å². The molecule has 0 aromatic heterocycles. The molecule has 0 bridgehead atoms. The van der Waals surface area contributed by atoms with Crippen LogP contribution in [0.4, 0.5) is 5.69 Å². The highest BCUT2D eigenvalue weighted by molar-refractivity contribution is 7.92. The van der Waals surface area contributed by atoms with Gasteiger partial charge in [0, 0.05) is 10.7 Å². The summed E-state index contributed by atoms with van der Waals surface area (Å²) >= 11 is 5.76. The normalized spacial score (nSPS) is 12.1. The van der Waals surface area contributed by atoms with E-state index in [0.29, 0.717) is 10.7 Å². The van der Waals surface area contributed by atoms with Crippen molar-refractivity contribution in [2.75, 3.05) is 11.8 Å². The second-order valence-corrected chi connectivity index (χ2v) is 7.33. The Hall–Kier alpha value is -2.58. The van der Waals surface area contributed by atoms with E-state index >= 15 is 0 Å². The highest BCUT2D eigenvalue weighted by atomic mass is 35.5. The number of esters is 2. The van der Waals surface area contributed by atoms with Crippen molar-refractivity contribution in [2.45, 2.75) is 17.9 Å². The van der Waals surface area contributed by atoms with Gasteiger partial charge in [0.25, 0.3) is 10.0 Å². The Bertz CT molecular complexity index is 894. The third-order valence-electron chi connectivity index (χ3n) is 3.31. The van der Waals surface area contributed by atoms with Crippen LogP contribution in [-0.2, 0) is 24.3 Å². The maximum atomic E-state index is 12.4. The van der Waals surface area contributed by atoms with Crippen LogP contribution in [0.2, 0.25) is 5.02 Å². The zero-order valence-electron chi connectivity index (χ0n) is 13.9. The number of nitrogens with one attached hydrogen (secondary N) is 1. The third-order valence-corrected chi connectivity index (χ3v) is 4.96. The number of benzene rings is 2. The van der Waals surface area contributed by atoms with Crippen molar-refractivity contribution in [3.63, 3.8) is 0 Å². The van der Waals surface area contributed by atoms with E-state index in [1.54, 1.807) is 12.1 Å². The molecular formula is C17H16ClNO6S. The van der Waals surface area contributed by atoms with E-state index in [2.05, 4.69) is 9.46 Å². The van der Waals surface area contributed by atoms with Crippen LogP contribution in [0.3, 0.4) is 0 Å².